The van der Waals surface area contributed by atoms with Crippen molar-refractivity contribution >= 4 is 11.9 Å². The van der Waals surface area contributed by atoms with E-state index in [0.717, 1.165) is 13.1 Å². The van der Waals surface area contributed by atoms with Gasteiger partial charge in [0.05, 0.1) is 0 Å². The van der Waals surface area contributed by atoms with Crippen LogP contribution in [-0.4, -0.2) is 29.9 Å². The van der Waals surface area contributed by atoms with E-state index in [1.165, 1.54) is 0 Å². The molecule has 0 aliphatic carbocycles. The number of guanidine groups is 2. The lowest BCUT2D eigenvalue weighted by atomic mass is 10.5. The van der Waals surface area contributed by atoms with Gasteiger partial charge in [0.2, 0.25) is 0 Å². The second-order valence-electron chi connectivity index (χ2n) is 2.06. The van der Waals surface area contributed by atoms with Crippen molar-refractivity contribution < 1.29 is 0 Å². The summed E-state index contributed by atoms with van der Waals surface area (Å²) in [5.41, 5.74) is 5.05. The molecule has 5 heteroatoms. The van der Waals surface area contributed by atoms with Gasteiger partial charge in [-0.05, 0) is 13.8 Å². The van der Waals surface area contributed by atoms with Gasteiger partial charge in [0.15, 0.2) is 11.9 Å². The van der Waals surface area contributed by atoms with Gasteiger partial charge in [0.25, 0.3) is 0 Å². The Bertz CT molecular complexity index is 149. The first-order chi connectivity index (χ1) is 5.11. The molecule has 0 fully saturated rings. The molecule has 0 amide bonds. The van der Waals surface area contributed by atoms with Crippen LogP contribution in [0.4, 0.5) is 0 Å². The van der Waals surface area contributed by atoms with Crippen LogP contribution in [0, 0.1) is 10.8 Å². The highest BCUT2D eigenvalue weighted by atomic mass is 15.3. The third kappa shape index (κ3) is 3.44. The van der Waals surface area contributed by atoms with Gasteiger partial charge in [-0.15, -0.1) is 0 Å². The van der Waals surface area contributed by atoms with Crippen LogP contribution in [0.15, 0.2) is 0 Å². The van der Waals surface area contributed by atoms with Crippen molar-refractivity contribution in [3.05, 3.63) is 0 Å². The van der Waals surface area contributed by atoms with E-state index >= 15 is 0 Å². The number of hydrogen-bond acceptors (Lipinski definition) is 2. The molecular formula is C6H15N5. The fourth-order valence-corrected chi connectivity index (χ4v) is 0.746. The maximum atomic E-state index is 7.37. The summed E-state index contributed by atoms with van der Waals surface area (Å²) in [6.07, 6.45) is 0. The van der Waals surface area contributed by atoms with E-state index in [2.05, 4.69) is 5.32 Å². The van der Waals surface area contributed by atoms with Crippen molar-refractivity contribution in [1.29, 1.82) is 10.8 Å². The molecule has 11 heavy (non-hydrogen) atoms. The molecule has 0 saturated heterocycles. The average molecular weight is 157 g/mol. The predicted octanol–water partition coefficient (Wildman–Crippen LogP) is -0.254. The molecule has 0 unspecified atom stereocenters. The highest BCUT2D eigenvalue weighted by Crippen LogP contribution is 1.84. The Morgan fingerprint density at radius 2 is 1.82 bits per heavy atom. The molecule has 0 heterocycles. The van der Waals surface area contributed by atoms with E-state index < -0.39 is 0 Å². The number of nitrogens with one attached hydrogen (secondary N) is 3. The number of hydrogen-bond donors (Lipinski definition) is 4. The summed E-state index contributed by atoms with van der Waals surface area (Å²) in [5, 5.41) is 16.7. The van der Waals surface area contributed by atoms with Crippen molar-refractivity contribution in [2.45, 2.75) is 13.8 Å². The predicted molar refractivity (Wildman–Crippen MR) is 45.7 cm³/mol. The SMILES string of the molecule is CCN(CC)C(=N)NC(=N)N. The molecular weight excluding hydrogens is 142 g/mol. The number of nitrogens with two attached hydrogens (primary N) is 1. The molecule has 0 aromatic carbocycles. The maximum absolute atomic E-state index is 7.37. The van der Waals surface area contributed by atoms with Gasteiger partial charge in [-0.3, -0.25) is 16.1 Å². The number of rotatable bonds is 2. The zero-order chi connectivity index (χ0) is 8.85. The first-order valence-electron chi connectivity index (χ1n) is 3.56. The van der Waals surface area contributed by atoms with E-state index in [1.54, 1.807) is 4.90 Å². The van der Waals surface area contributed by atoms with E-state index in [9.17, 15) is 0 Å². The van der Waals surface area contributed by atoms with Crippen molar-refractivity contribution in [1.82, 2.24) is 10.2 Å². The Labute approximate surface area is 66.6 Å². The normalized spacial score (nSPS) is 8.91. The van der Waals surface area contributed by atoms with Crippen LogP contribution in [-0.2, 0) is 0 Å². The molecule has 5 nitrogen and oxygen atoms in total. The van der Waals surface area contributed by atoms with Crippen molar-refractivity contribution in [2.24, 2.45) is 5.73 Å². The van der Waals surface area contributed by atoms with E-state index in [0.29, 0.717) is 0 Å². The highest BCUT2D eigenvalue weighted by Gasteiger charge is 2.03. The smallest absolute Gasteiger partial charge is 0.197 e. The quantitative estimate of drug-likeness (QED) is 0.329. The molecule has 0 aliphatic rings. The van der Waals surface area contributed by atoms with Crippen LogP contribution < -0.4 is 11.1 Å². The fraction of sp³-hybridized carbons (Fsp3) is 0.667. The third-order valence-electron chi connectivity index (χ3n) is 1.33. The maximum Gasteiger partial charge on any atom is 0.197 e. The van der Waals surface area contributed by atoms with Crippen LogP contribution in [0.5, 0.6) is 0 Å². The van der Waals surface area contributed by atoms with Crippen molar-refractivity contribution in [2.75, 3.05) is 13.1 Å². The van der Waals surface area contributed by atoms with Gasteiger partial charge in [0, 0.05) is 13.1 Å². The Kier molecular flexibility index (Phi) is 4.02. The minimum atomic E-state index is -0.193. The molecule has 64 valence electrons. The Hall–Kier alpha value is -1.26. The molecule has 0 radical (unpaired) electrons. The van der Waals surface area contributed by atoms with Gasteiger partial charge in [-0.2, -0.15) is 0 Å². The Balaban J connectivity index is 3.89. The zero-order valence-electron chi connectivity index (χ0n) is 6.94. The molecule has 0 bridgehead atoms. The second kappa shape index (κ2) is 4.54. The Morgan fingerprint density at radius 1 is 1.36 bits per heavy atom. The summed E-state index contributed by atoms with van der Waals surface area (Å²) in [6, 6.07) is 0. The average Bonchev–Trinajstić information content (AvgIpc) is 1.88. The summed E-state index contributed by atoms with van der Waals surface area (Å²) < 4.78 is 0. The van der Waals surface area contributed by atoms with Crippen LogP contribution >= 0.6 is 0 Å². The summed E-state index contributed by atoms with van der Waals surface area (Å²) in [4.78, 5) is 1.77. The van der Waals surface area contributed by atoms with Crippen molar-refractivity contribution in [3.63, 3.8) is 0 Å². The molecule has 5 N–H and O–H groups in total. The molecule has 0 atom stereocenters. The van der Waals surface area contributed by atoms with Gasteiger partial charge in [-0.25, -0.2) is 0 Å². The highest BCUT2D eigenvalue weighted by molar-refractivity contribution is 5.94. The van der Waals surface area contributed by atoms with E-state index in [-0.39, 0.29) is 11.9 Å². The third-order valence-corrected chi connectivity index (χ3v) is 1.33. The van der Waals surface area contributed by atoms with Crippen LogP contribution in [0.3, 0.4) is 0 Å². The zero-order valence-corrected chi connectivity index (χ0v) is 6.94. The summed E-state index contributed by atoms with van der Waals surface area (Å²) in [6.45, 7) is 5.38. The number of nitrogens with zero attached hydrogens (tertiary/aromatic N) is 1. The van der Waals surface area contributed by atoms with Crippen LogP contribution in [0.25, 0.3) is 0 Å². The summed E-state index contributed by atoms with van der Waals surface area (Å²) in [5.74, 6) is -0.00981. The molecule has 0 rings (SSSR count). The lowest BCUT2D eigenvalue weighted by molar-refractivity contribution is 0.451. The lowest BCUT2D eigenvalue weighted by Crippen LogP contribution is -2.45. The second-order valence-corrected chi connectivity index (χ2v) is 2.06. The molecule has 0 saturated carbocycles. The first kappa shape index (κ1) is 9.74. The topological polar surface area (TPSA) is 89.0 Å². The van der Waals surface area contributed by atoms with Crippen LogP contribution in [0.2, 0.25) is 0 Å². The van der Waals surface area contributed by atoms with E-state index in [1.807, 2.05) is 13.8 Å². The molecule has 0 aromatic rings. The molecule has 0 aliphatic heterocycles. The molecule has 0 spiro atoms. The van der Waals surface area contributed by atoms with Crippen molar-refractivity contribution in [3.8, 4) is 0 Å². The van der Waals surface area contributed by atoms with Gasteiger partial charge in [0.1, 0.15) is 0 Å². The molecule has 0 aromatic heterocycles. The standard InChI is InChI=1S/C6H15N5/c1-3-11(4-2)6(9)10-5(7)8/h3-4H2,1-2H3,(H5,7,8,9,10). The summed E-state index contributed by atoms with van der Waals surface area (Å²) >= 11 is 0. The lowest BCUT2D eigenvalue weighted by Gasteiger charge is -2.21. The largest absolute Gasteiger partial charge is 0.370 e. The fourth-order valence-electron chi connectivity index (χ4n) is 0.746. The van der Waals surface area contributed by atoms with Crippen LogP contribution in [0.1, 0.15) is 13.8 Å². The summed E-state index contributed by atoms with van der Waals surface area (Å²) in [7, 11) is 0. The Morgan fingerprint density at radius 3 is 2.09 bits per heavy atom. The monoisotopic (exact) mass is 157 g/mol. The van der Waals surface area contributed by atoms with E-state index in [4.69, 9.17) is 16.6 Å². The van der Waals surface area contributed by atoms with Gasteiger partial charge in [-0.1, -0.05) is 0 Å². The van der Waals surface area contributed by atoms with Gasteiger partial charge >= 0.3 is 0 Å². The van der Waals surface area contributed by atoms with Gasteiger partial charge < -0.3 is 10.6 Å². The first-order valence-corrected chi connectivity index (χ1v) is 3.56. The minimum absolute atomic E-state index is 0.183. The minimum Gasteiger partial charge on any atom is -0.370 e.